The lowest BCUT2D eigenvalue weighted by Gasteiger charge is -2.26. The maximum absolute atomic E-state index is 4.48. The van der Waals surface area contributed by atoms with E-state index in [2.05, 4.69) is 59.9 Å². The van der Waals surface area contributed by atoms with Crippen LogP contribution in [0.15, 0.2) is 36.5 Å². The van der Waals surface area contributed by atoms with Crippen LogP contribution in [-0.2, 0) is 6.54 Å². The van der Waals surface area contributed by atoms with Crippen molar-refractivity contribution in [1.29, 1.82) is 0 Å². The molecule has 1 N–H and O–H groups in total. The molecule has 3 nitrogen and oxygen atoms in total. The number of para-hydroxylation sites is 1. The van der Waals surface area contributed by atoms with Gasteiger partial charge >= 0.3 is 0 Å². The fourth-order valence-corrected chi connectivity index (χ4v) is 2.81. The van der Waals surface area contributed by atoms with Gasteiger partial charge < -0.3 is 5.32 Å². The van der Waals surface area contributed by atoms with Crippen molar-refractivity contribution in [3.05, 3.63) is 48.0 Å². The second kappa shape index (κ2) is 5.06. The van der Waals surface area contributed by atoms with Gasteiger partial charge in [-0.05, 0) is 51.7 Å². The number of hydrogen-bond donors (Lipinski definition) is 1. The molecule has 1 saturated carbocycles. The molecule has 1 aliphatic rings. The number of imidazole rings is 1. The van der Waals surface area contributed by atoms with Crippen LogP contribution in [0.5, 0.6) is 0 Å². The molecule has 3 heteroatoms. The molecule has 1 aliphatic carbocycles. The zero-order valence-corrected chi connectivity index (χ0v) is 12.6. The first-order valence-corrected chi connectivity index (χ1v) is 7.41. The molecule has 0 spiro atoms. The van der Waals surface area contributed by atoms with Crippen LogP contribution in [-0.4, -0.2) is 15.1 Å². The lowest BCUT2D eigenvalue weighted by atomic mass is 9.99. The summed E-state index contributed by atoms with van der Waals surface area (Å²) in [4.78, 5) is 4.48. The van der Waals surface area contributed by atoms with Gasteiger partial charge in [-0.25, -0.2) is 4.98 Å². The van der Waals surface area contributed by atoms with Gasteiger partial charge in [-0.15, -0.1) is 0 Å². The minimum absolute atomic E-state index is 0.222. The number of rotatable bonds is 5. The normalized spacial score (nSPS) is 15.6. The van der Waals surface area contributed by atoms with Crippen molar-refractivity contribution >= 4 is 0 Å². The predicted octanol–water partition coefficient (Wildman–Crippen LogP) is 3.46. The Morgan fingerprint density at radius 1 is 1.25 bits per heavy atom. The summed E-state index contributed by atoms with van der Waals surface area (Å²) in [5.41, 5.74) is 2.63. The summed E-state index contributed by atoms with van der Waals surface area (Å²) in [7, 11) is 0. The van der Waals surface area contributed by atoms with E-state index in [4.69, 9.17) is 0 Å². The quantitative estimate of drug-likeness (QED) is 0.901. The molecule has 0 radical (unpaired) electrons. The second-order valence-electron chi connectivity index (χ2n) is 6.32. The summed E-state index contributed by atoms with van der Waals surface area (Å²) in [6.07, 6.45) is 4.70. The maximum Gasteiger partial charge on any atom is 0.110 e. The first kappa shape index (κ1) is 13.4. The molecule has 20 heavy (non-hydrogen) atoms. The molecule has 106 valence electrons. The molecule has 3 rings (SSSR count). The van der Waals surface area contributed by atoms with Crippen molar-refractivity contribution in [3.8, 4) is 5.69 Å². The van der Waals surface area contributed by atoms with E-state index in [0.717, 1.165) is 18.3 Å². The van der Waals surface area contributed by atoms with Gasteiger partial charge in [0.05, 0.1) is 11.9 Å². The van der Waals surface area contributed by atoms with Crippen molar-refractivity contribution in [1.82, 2.24) is 14.9 Å². The Morgan fingerprint density at radius 3 is 2.60 bits per heavy atom. The Hall–Kier alpha value is -1.61. The van der Waals surface area contributed by atoms with Crippen LogP contribution in [0.1, 0.15) is 38.2 Å². The molecule has 0 unspecified atom stereocenters. The van der Waals surface area contributed by atoms with Crippen molar-refractivity contribution in [2.24, 2.45) is 5.92 Å². The van der Waals surface area contributed by atoms with E-state index in [0.29, 0.717) is 0 Å². The number of hydrogen-bond acceptors (Lipinski definition) is 2. The lowest BCUT2D eigenvalue weighted by Crippen LogP contribution is -2.41. The third-order valence-electron chi connectivity index (χ3n) is 4.35. The third-order valence-corrected chi connectivity index (χ3v) is 4.35. The standard InChI is InChI=1S/C17H23N3/c1-13-18-11-16(12-19-17(2,3)14-9-10-14)20(13)15-7-5-4-6-8-15/h4-8,11,14,19H,9-10,12H2,1-3H3. The summed E-state index contributed by atoms with van der Waals surface area (Å²) < 4.78 is 2.23. The van der Waals surface area contributed by atoms with Gasteiger partial charge in [-0.1, -0.05) is 18.2 Å². The maximum atomic E-state index is 4.48. The first-order valence-electron chi connectivity index (χ1n) is 7.41. The van der Waals surface area contributed by atoms with Crippen LogP contribution in [0.3, 0.4) is 0 Å². The number of aromatic nitrogens is 2. The molecular formula is C17H23N3. The van der Waals surface area contributed by atoms with Crippen molar-refractivity contribution < 1.29 is 0 Å². The van der Waals surface area contributed by atoms with E-state index in [1.165, 1.54) is 24.2 Å². The van der Waals surface area contributed by atoms with Crippen molar-refractivity contribution in [2.75, 3.05) is 0 Å². The molecular weight excluding hydrogens is 246 g/mol. The highest BCUT2D eigenvalue weighted by Crippen LogP contribution is 2.39. The monoisotopic (exact) mass is 269 g/mol. The fourth-order valence-electron chi connectivity index (χ4n) is 2.81. The van der Waals surface area contributed by atoms with Gasteiger partial charge in [-0.2, -0.15) is 0 Å². The summed E-state index contributed by atoms with van der Waals surface area (Å²) in [5.74, 6) is 1.87. The Labute approximate surface area is 121 Å². The minimum Gasteiger partial charge on any atom is -0.306 e. The highest BCUT2D eigenvalue weighted by atomic mass is 15.1. The van der Waals surface area contributed by atoms with Gasteiger partial charge in [-0.3, -0.25) is 4.57 Å². The van der Waals surface area contributed by atoms with Crippen LogP contribution in [0.2, 0.25) is 0 Å². The molecule has 2 aromatic rings. The Balaban J connectivity index is 1.81. The summed E-state index contributed by atoms with van der Waals surface area (Å²) in [6, 6.07) is 10.4. The highest BCUT2D eigenvalue weighted by Gasteiger charge is 2.37. The SMILES string of the molecule is Cc1ncc(CNC(C)(C)C2CC2)n1-c1ccccc1. The average Bonchev–Trinajstić information content (AvgIpc) is 3.23. The molecule has 1 heterocycles. The van der Waals surface area contributed by atoms with Crippen LogP contribution >= 0.6 is 0 Å². The largest absolute Gasteiger partial charge is 0.306 e. The van der Waals surface area contributed by atoms with Crippen LogP contribution in [0.25, 0.3) is 5.69 Å². The third kappa shape index (κ3) is 2.63. The van der Waals surface area contributed by atoms with Crippen LogP contribution in [0, 0.1) is 12.8 Å². The topological polar surface area (TPSA) is 29.9 Å². The summed E-state index contributed by atoms with van der Waals surface area (Å²) in [6.45, 7) is 7.53. The Morgan fingerprint density at radius 2 is 1.95 bits per heavy atom. The summed E-state index contributed by atoms with van der Waals surface area (Å²) in [5, 5.41) is 3.70. The highest BCUT2D eigenvalue weighted by molar-refractivity contribution is 5.35. The summed E-state index contributed by atoms with van der Waals surface area (Å²) >= 11 is 0. The molecule has 0 saturated heterocycles. The lowest BCUT2D eigenvalue weighted by molar-refractivity contribution is 0.337. The number of aryl methyl sites for hydroxylation is 1. The van der Waals surface area contributed by atoms with Gasteiger partial charge in [0, 0.05) is 17.8 Å². The van der Waals surface area contributed by atoms with Crippen LogP contribution < -0.4 is 5.32 Å². The average molecular weight is 269 g/mol. The Kier molecular flexibility index (Phi) is 3.38. The first-order chi connectivity index (χ1) is 9.58. The molecule has 0 aliphatic heterocycles. The number of nitrogens with one attached hydrogen (secondary N) is 1. The molecule has 0 bridgehead atoms. The second-order valence-corrected chi connectivity index (χ2v) is 6.32. The predicted molar refractivity (Wildman–Crippen MR) is 81.9 cm³/mol. The van der Waals surface area contributed by atoms with E-state index in [1.54, 1.807) is 0 Å². The zero-order valence-electron chi connectivity index (χ0n) is 12.6. The molecule has 1 fully saturated rings. The van der Waals surface area contributed by atoms with E-state index >= 15 is 0 Å². The van der Waals surface area contributed by atoms with Gasteiger partial charge in [0.1, 0.15) is 5.82 Å². The zero-order chi connectivity index (χ0) is 14.2. The van der Waals surface area contributed by atoms with Gasteiger partial charge in [0.2, 0.25) is 0 Å². The van der Waals surface area contributed by atoms with E-state index < -0.39 is 0 Å². The number of nitrogens with zero attached hydrogens (tertiary/aromatic N) is 2. The van der Waals surface area contributed by atoms with Crippen molar-refractivity contribution in [2.45, 2.75) is 45.7 Å². The van der Waals surface area contributed by atoms with E-state index in [-0.39, 0.29) is 5.54 Å². The molecule has 1 aromatic heterocycles. The van der Waals surface area contributed by atoms with E-state index in [1.807, 2.05) is 12.3 Å². The van der Waals surface area contributed by atoms with Gasteiger partial charge in [0.15, 0.2) is 0 Å². The molecule has 0 amide bonds. The minimum atomic E-state index is 0.222. The van der Waals surface area contributed by atoms with Crippen molar-refractivity contribution in [3.63, 3.8) is 0 Å². The Bertz CT molecular complexity index is 580. The molecule has 0 atom stereocenters. The molecule has 1 aromatic carbocycles. The fraction of sp³-hybridized carbons (Fsp3) is 0.471. The smallest absolute Gasteiger partial charge is 0.110 e. The van der Waals surface area contributed by atoms with Gasteiger partial charge in [0.25, 0.3) is 0 Å². The van der Waals surface area contributed by atoms with Crippen LogP contribution in [0.4, 0.5) is 0 Å². The number of benzene rings is 1. The van der Waals surface area contributed by atoms with E-state index in [9.17, 15) is 0 Å².